The van der Waals surface area contributed by atoms with Gasteiger partial charge in [0.2, 0.25) is 0 Å². The Kier molecular flexibility index (Phi) is 6.40. The number of rotatable bonds is 8. The van der Waals surface area contributed by atoms with Crippen LogP contribution in [-0.2, 0) is 11.3 Å². The lowest BCUT2D eigenvalue weighted by molar-refractivity contribution is 0.0930. The third kappa shape index (κ3) is 4.97. The highest BCUT2D eigenvalue weighted by Crippen LogP contribution is 2.27. The van der Waals surface area contributed by atoms with Crippen LogP contribution >= 0.6 is 22.9 Å². The molecule has 164 valence electrons. The maximum absolute atomic E-state index is 13.8. The molecule has 0 radical (unpaired) electrons. The molecule has 3 unspecified atom stereocenters. The molecule has 7 nitrogen and oxygen atoms in total. The summed E-state index contributed by atoms with van der Waals surface area (Å²) in [5, 5.41) is 16.5. The molecule has 3 atom stereocenters. The minimum atomic E-state index is -0.527. The zero-order valence-electron chi connectivity index (χ0n) is 16.9. The van der Waals surface area contributed by atoms with E-state index in [2.05, 4.69) is 20.6 Å². The van der Waals surface area contributed by atoms with Crippen molar-refractivity contribution in [2.75, 3.05) is 6.54 Å². The zero-order chi connectivity index (χ0) is 22.1. The topological polar surface area (TPSA) is 103 Å². The molecule has 0 spiro atoms. The summed E-state index contributed by atoms with van der Waals surface area (Å²) in [5.74, 6) is -0.850. The van der Waals surface area contributed by atoms with E-state index in [1.54, 1.807) is 18.2 Å². The van der Waals surface area contributed by atoms with E-state index in [9.17, 15) is 14.3 Å². The van der Waals surface area contributed by atoms with Gasteiger partial charge in [0.1, 0.15) is 22.7 Å². The summed E-state index contributed by atoms with van der Waals surface area (Å²) < 4.78 is 19.2. The van der Waals surface area contributed by atoms with Gasteiger partial charge in [-0.25, -0.2) is 9.37 Å². The van der Waals surface area contributed by atoms with Crippen LogP contribution in [0.5, 0.6) is 0 Å². The molecule has 1 fully saturated rings. The number of halogens is 2. The number of aromatic amines is 1. The molecule has 1 aliphatic heterocycles. The van der Waals surface area contributed by atoms with Crippen molar-refractivity contribution in [3.63, 3.8) is 0 Å². The first kappa shape index (κ1) is 21.9. The van der Waals surface area contributed by atoms with E-state index in [1.165, 1.54) is 23.5 Å². The zero-order valence-corrected chi connectivity index (χ0v) is 18.5. The highest BCUT2D eigenvalue weighted by Gasteiger charge is 2.34. The van der Waals surface area contributed by atoms with Crippen LogP contribution in [0.1, 0.15) is 39.0 Å². The smallest absolute Gasteiger partial charge is 0.268 e. The lowest BCUT2D eigenvalue weighted by atomic mass is 10.1. The van der Waals surface area contributed by atoms with Crippen molar-refractivity contribution in [2.24, 2.45) is 0 Å². The Balaban J connectivity index is 1.51. The molecule has 1 amide bonds. The van der Waals surface area contributed by atoms with Crippen LogP contribution in [0.15, 0.2) is 30.3 Å². The molecule has 3 heterocycles. The van der Waals surface area contributed by atoms with Crippen molar-refractivity contribution < 1.29 is 19.0 Å². The average molecular weight is 465 g/mol. The Morgan fingerprint density at radius 1 is 1.42 bits per heavy atom. The van der Waals surface area contributed by atoms with Gasteiger partial charge in [0.05, 0.1) is 34.3 Å². The van der Waals surface area contributed by atoms with Crippen molar-refractivity contribution in [1.82, 2.24) is 20.6 Å². The van der Waals surface area contributed by atoms with E-state index in [0.717, 1.165) is 10.6 Å². The second-order valence-corrected chi connectivity index (χ2v) is 8.85. The Hall–Kier alpha value is -2.30. The Morgan fingerprint density at radius 2 is 2.19 bits per heavy atom. The summed E-state index contributed by atoms with van der Waals surface area (Å²) in [7, 11) is 0. The van der Waals surface area contributed by atoms with E-state index in [0.29, 0.717) is 28.5 Å². The number of aliphatic hydroxyl groups is 1. The quantitative estimate of drug-likeness (QED) is 0.382. The number of nitrogens with one attached hydrogen (secondary N) is 3. The highest BCUT2D eigenvalue weighted by molar-refractivity contribution is 7.11. The van der Waals surface area contributed by atoms with Gasteiger partial charge in [-0.1, -0.05) is 17.7 Å². The molecule has 4 rings (SSSR count). The molecule has 3 aromatic rings. The van der Waals surface area contributed by atoms with E-state index < -0.39 is 11.9 Å². The number of thiazole rings is 1. The average Bonchev–Trinajstić information content (AvgIpc) is 3.12. The minimum Gasteiger partial charge on any atom is -0.391 e. The number of aromatic nitrogens is 2. The molecule has 31 heavy (non-hydrogen) atoms. The van der Waals surface area contributed by atoms with Crippen molar-refractivity contribution in [2.45, 2.75) is 38.8 Å². The predicted octanol–water partition coefficient (Wildman–Crippen LogP) is 3.54. The number of H-pyrrole nitrogens is 1. The summed E-state index contributed by atoms with van der Waals surface area (Å²) in [5.41, 5.74) is 2.26. The SMILES string of the molecule is Cc1nc(C(CNC2OC2C)NC(=O)c2ccc(-c3ccc(Cl)c(F)c3)[nH]2)sc1CO. The third-order valence-electron chi connectivity index (χ3n) is 5.05. The number of nitrogens with zero attached hydrogens (tertiary/aromatic N) is 1. The van der Waals surface area contributed by atoms with Crippen LogP contribution in [0.2, 0.25) is 5.02 Å². The number of hydrogen-bond acceptors (Lipinski definition) is 6. The standard InChI is InChI=1S/C21H22ClFN4O3S/c1-10-18(9-28)31-21(25-10)17(8-24-20-11(2)30-20)27-19(29)16-6-5-15(26-16)12-3-4-13(22)14(23)7-12/h3-7,11,17,20,24,26,28H,8-9H2,1-2H3,(H,27,29). The maximum atomic E-state index is 13.8. The highest BCUT2D eigenvalue weighted by atomic mass is 35.5. The van der Waals surface area contributed by atoms with Crippen LogP contribution in [-0.4, -0.2) is 39.9 Å². The normalized spacial score (nSPS) is 18.7. The summed E-state index contributed by atoms with van der Waals surface area (Å²) in [4.78, 5) is 21.2. The Labute approximate surface area is 187 Å². The molecular formula is C21H22ClFN4O3S. The van der Waals surface area contributed by atoms with Gasteiger partial charge in [0, 0.05) is 17.8 Å². The van der Waals surface area contributed by atoms with Crippen molar-refractivity contribution in [3.05, 3.63) is 62.4 Å². The number of carbonyl (C=O) groups excluding carboxylic acids is 1. The Morgan fingerprint density at radius 3 is 2.84 bits per heavy atom. The van der Waals surface area contributed by atoms with E-state index in [-0.39, 0.29) is 29.9 Å². The van der Waals surface area contributed by atoms with Crippen molar-refractivity contribution >= 4 is 28.8 Å². The van der Waals surface area contributed by atoms with Gasteiger partial charge in [-0.3, -0.25) is 10.1 Å². The maximum Gasteiger partial charge on any atom is 0.268 e. The number of aryl methyl sites for hydroxylation is 1. The lowest BCUT2D eigenvalue weighted by Gasteiger charge is -2.16. The molecule has 0 aliphatic carbocycles. The van der Waals surface area contributed by atoms with Crippen molar-refractivity contribution in [1.29, 1.82) is 0 Å². The number of benzene rings is 1. The molecule has 0 bridgehead atoms. The van der Waals surface area contributed by atoms with Gasteiger partial charge in [-0.15, -0.1) is 11.3 Å². The third-order valence-corrected chi connectivity index (χ3v) is 6.61. The summed E-state index contributed by atoms with van der Waals surface area (Å²) in [6.07, 6.45) is 0.0859. The van der Waals surface area contributed by atoms with E-state index in [1.807, 2.05) is 13.8 Å². The number of carbonyl (C=O) groups is 1. The minimum absolute atomic E-state index is 0.0403. The summed E-state index contributed by atoms with van der Waals surface area (Å²) in [6, 6.07) is 7.40. The molecule has 10 heteroatoms. The van der Waals surface area contributed by atoms with Gasteiger partial charge < -0.3 is 20.1 Å². The number of amides is 1. The van der Waals surface area contributed by atoms with Gasteiger partial charge in [-0.2, -0.15) is 0 Å². The fraction of sp³-hybridized carbons (Fsp3) is 0.333. The molecule has 0 saturated carbocycles. The number of hydrogen-bond donors (Lipinski definition) is 4. The van der Waals surface area contributed by atoms with Gasteiger partial charge >= 0.3 is 0 Å². The van der Waals surface area contributed by atoms with Gasteiger partial charge in [0.15, 0.2) is 0 Å². The number of aliphatic hydroxyl groups excluding tert-OH is 1. The second-order valence-electron chi connectivity index (χ2n) is 7.33. The van der Waals surface area contributed by atoms with Crippen LogP contribution in [0.4, 0.5) is 4.39 Å². The fourth-order valence-corrected chi connectivity index (χ4v) is 4.27. The lowest BCUT2D eigenvalue weighted by Crippen LogP contribution is -2.37. The molecular weight excluding hydrogens is 443 g/mol. The first-order chi connectivity index (χ1) is 14.9. The molecule has 2 aromatic heterocycles. The second kappa shape index (κ2) is 9.05. The van der Waals surface area contributed by atoms with Gasteiger partial charge in [-0.05, 0) is 38.1 Å². The first-order valence-corrected chi connectivity index (χ1v) is 11.0. The van der Waals surface area contributed by atoms with Gasteiger partial charge in [0.25, 0.3) is 5.91 Å². The van der Waals surface area contributed by atoms with Crippen molar-refractivity contribution in [3.8, 4) is 11.3 Å². The molecule has 4 N–H and O–H groups in total. The Bertz CT molecular complexity index is 1100. The molecule has 1 saturated heterocycles. The summed E-state index contributed by atoms with van der Waals surface area (Å²) >= 11 is 7.10. The van der Waals surface area contributed by atoms with Crippen LogP contribution in [0, 0.1) is 12.7 Å². The largest absolute Gasteiger partial charge is 0.391 e. The monoisotopic (exact) mass is 464 g/mol. The van der Waals surface area contributed by atoms with Crippen LogP contribution in [0.3, 0.4) is 0 Å². The molecule has 1 aromatic carbocycles. The van der Waals surface area contributed by atoms with Crippen LogP contribution < -0.4 is 10.6 Å². The fourth-order valence-electron chi connectivity index (χ4n) is 3.18. The first-order valence-electron chi connectivity index (χ1n) is 9.77. The molecule has 1 aliphatic rings. The van der Waals surface area contributed by atoms with E-state index in [4.69, 9.17) is 16.3 Å². The summed E-state index contributed by atoms with van der Waals surface area (Å²) in [6.45, 7) is 4.11. The van der Waals surface area contributed by atoms with Crippen LogP contribution in [0.25, 0.3) is 11.3 Å². The van der Waals surface area contributed by atoms with E-state index >= 15 is 0 Å². The number of ether oxygens (including phenoxy) is 1. The predicted molar refractivity (Wildman–Crippen MR) is 117 cm³/mol. The number of epoxide rings is 1.